The Morgan fingerprint density at radius 2 is 1.96 bits per heavy atom. The first kappa shape index (κ1) is 17.8. The molecular formula is C15H16Cl2FNO4. The Morgan fingerprint density at radius 1 is 1.30 bits per heavy atom. The monoisotopic (exact) mass is 363 g/mol. The van der Waals surface area contributed by atoms with E-state index in [1.165, 1.54) is 13.2 Å². The van der Waals surface area contributed by atoms with Gasteiger partial charge in [0.15, 0.2) is 17.7 Å². The highest BCUT2D eigenvalue weighted by Crippen LogP contribution is 2.34. The maximum Gasteiger partial charge on any atom is 0.425 e. The third-order valence-electron chi connectivity index (χ3n) is 3.01. The van der Waals surface area contributed by atoms with Crippen molar-refractivity contribution < 1.29 is 18.3 Å². The minimum Gasteiger partial charge on any atom is -0.466 e. The zero-order valence-electron chi connectivity index (χ0n) is 13.1. The molecule has 1 aromatic heterocycles. The summed E-state index contributed by atoms with van der Waals surface area (Å²) in [6, 6.07) is 2.31. The molecule has 0 spiro atoms. The van der Waals surface area contributed by atoms with Crippen molar-refractivity contribution in [1.29, 1.82) is 0 Å². The molecule has 5 nitrogen and oxygen atoms in total. The van der Waals surface area contributed by atoms with E-state index in [1.807, 2.05) is 20.8 Å². The number of aromatic nitrogens is 1. The van der Waals surface area contributed by atoms with Crippen molar-refractivity contribution in [2.75, 3.05) is 13.9 Å². The number of hydrogen-bond donors (Lipinski definition) is 0. The van der Waals surface area contributed by atoms with Crippen molar-refractivity contribution in [2.45, 2.75) is 26.2 Å². The van der Waals surface area contributed by atoms with Gasteiger partial charge in [0.25, 0.3) is 0 Å². The van der Waals surface area contributed by atoms with E-state index in [2.05, 4.69) is 0 Å². The maximum absolute atomic E-state index is 14.3. The summed E-state index contributed by atoms with van der Waals surface area (Å²) in [4.78, 5) is 12.1. The lowest BCUT2D eigenvalue weighted by Gasteiger charge is -2.15. The molecule has 0 N–H and O–H groups in total. The number of benzene rings is 1. The van der Waals surface area contributed by atoms with E-state index in [9.17, 15) is 9.18 Å². The zero-order valence-corrected chi connectivity index (χ0v) is 14.6. The molecule has 126 valence electrons. The van der Waals surface area contributed by atoms with E-state index in [0.717, 1.165) is 10.6 Å². The van der Waals surface area contributed by atoms with Gasteiger partial charge in [-0.05, 0) is 6.07 Å². The Morgan fingerprint density at radius 3 is 2.48 bits per heavy atom. The summed E-state index contributed by atoms with van der Waals surface area (Å²) in [5, 5.41) is 0.0495. The molecule has 0 amide bonds. The fourth-order valence-corrected chi connectivity index (χ4v) is 2.63. The summed E-state index contributed by atoms with van der Waals surface area (Å²) in [5.74, 6) is -1.10. The molecule has 0 aliphatic carbocycles. The normalized spacial score (nSPS) is 11.8. The first-order valence-electron chi connectivity index (χ1n) is 6.69. The summed E-state index contributed by atoms with van der Waals surface area (Å²) in [7, 11) is 1.44. The SMILES string of the molecule is COCOc1cc(-n2c(Cl)c(C(C)(C)C)oc2=O)c(F)cc1Cl. The first-order chi connectivity index (χ1) is 10.7. The lowest BCUT2D eigenvalue weighted by atomic mass is 9.94. The van der Waals surface area contributed by atoms with Gasteiger partial charge in [-0.25, -0.2) is 13.8 Å². The average Bonchev–Trinajstić information content (AvgIpc) is 2.74. The number of nitrogens with zero attached hydrogens (tertiary/aromatic N) is 1. The predicted octanol–water partition coefficient (Wildman–Crippen LogP) is 4.16. The number of oxazole rings is 1. The molecule has 0 unspecified atom stereocenters. The molecule has 2 aromatic rings. The van der Waals surface area contributed by atoms with Gasteiger partial charge in [0.2, 0.25) is 0 Å². The molecule has 0 bridgehead atoms. The van der Waals surface area contributed by atoms with Crippen LogP contribution in [0.5, 0.6) is 5.75 Å². The summed E-state index contributed by atoms with van der Waals surface area (Å²) < 4.78 is 30.4. The van der Waals surface area contributed by atoms with Crippen LogP contribution in [-0.2, 0) is 10.2 Å². The standard InChI is InChI=1S/C15H16Cl2FNO4/c1-15(2,3)12-13(17)19(14(20)23-12)10-6-11(22-7-21-4)8(16)5-9(10)18/h5-6H,7H2,1-4H3. The van der Waals surface area contributed by atoms with Crippen molar-refractivity contribution in [3.05, 3.63) is 44.4 Å². The van der Waals surface area contributed by atoms with Crippen LogP contribution < -0.4 is 10.5 Å². The Labute approximate surface area is 142 Å². The van der Waals surface area contributed by atoms with Crippen molar-refractivity contribution >= 4 is 23.2 Å². The van der Waals surface area contributed by atoms with Crippen LogP contribution in [0.2, 0.25) is 10.2 Å². The lowest BCUT2D eigenvalue weighted by molar-refractivity contribution is 0.0511. The van der Waals surface area contributed by atoms with Gasteiger partial charge in [0.1, 0.15) is 11.6 Å². The molecule has 0 atom stereocenters. The molecular weight excluding hydrogens is 348 g/mol. The number of ether oxygens (including phenoxy) is 2. The average molecular weight is 364 g/mol. The molecule has 2 rings (SSSR count). The minimum atomic E-state index is -0.793. The highest BCUT2D eigenvalue weighted by molar-refractivity contribution is 6.32. The van der Waals surface area contributed by atoms with Gasteiger partial charge in [-0.2, -0.15) is 0 Å². The van der Waals surface area contributed by atoms with Crippen LogP contribution in [0.3, 0.4) is 0 Å². The minimum absolute atomic E-state index is 0.00131. The van der Waals surface area contributed by atoms with E-state index >= 15 is 0 Å². The molecule has 1 heterocycles. The van der Waals surface area contributed by atoms with E-state index in [1.54, 1.807) is 0 Å². The lowest BCUT2D eigenvalue weighted by Crippen LogP contribution is -2.14. The largest absolute Gasteiger partial charge is 0.466 e. The second kappa shape index (κ2) is 6.55. The quantitative estimate of drug-likeness (QED) is 0.765. The van der Waals surface area contributed by atoms with Crippen molar-refractivity contribution in [3.63, 3.8) is 0 Å². The number of halogens is 3. The first-order valence-corrected chi connectivity index (χ1v) is 7.45. The molecule has 0 fully saturated rings. The van der Waals surface area contributed by atoms with Gasteiger partial charge in [-0.15, -0.1) is 0 Å². The van der Waals surface area contributed by atoms with Gasteiger partial charge in [0.05, 0.1) is 10.7 Å². The van der Waals surface area contributed by atoms with Crippen LogP contribution in [0.15, 0.2) is 21.3 Å². The Hall–Kier alpha value is -1.50. The van der Waals surface area contributed by atoms with Crippen LogP contribution in [-0.4, -0.2) is 18.5 Å². The van der Waals surface area contributed by atoms with Gasteiger partial charge in [0, 0.05) is 18.6 Å². The Balaban J connectivity index is 2.63. The molecule has 0 aliphatic rings. The predicted molar refractivity (Wildman–Crippen MR) is 85.5 cm³/mol. The maximum atomic E-state index is 14.3. The van der Waals surface area contributed by atoms with Crippen LogP contribution in [0.25, 0.3) is 5.69 Å². The summed E-state index contributed by atoms with van der Waals surface area (Å²) in [6.45, 7) is 5.40. The summed E-state index contributed by atoms with van der Waals surface area (Å²) >= 11 is 12.1. The smallest absolute Gasteiger partial charge is 0.425 e. The molecule has 0 aliphatic heterocycles. The number of rotatable bonds is 4. The van der Waals surface area contributed by atoms with E-state index in [-0.39, 0.29) is 34.2 Å². The number of methoxy groups -OCH3 is 1. The Kier molecular flexibility index (Phi) is 5.08. The van der Waals surface area contributed by atoms with Crippen molar-refractivity contribution in [1.82, 2.24) is 4.57 Å². The molecule has 8 heteroatoms. The van der Waals surface area contributed by atoms with Crippen LogP contribution in [0.4, 0.5) is 4.39 Å². The van der Waals surface area contributed by atoms with Crippen LogP contribution >= 0.6 is 23.2 Å². The van der Waals surface area contributed by atoms with Crippen molar-refractivity contribution in [3.8, 4) is 11.4 Å². The highest BCUT2D eigenvalue weighted by Gasteiger charge is 2.28. The molecule has 0 saturated carbocycles. The molecule has 23 heavy (non-hydrogen) atoms. The topological polar surface area (TPSA) is 53.6 Å². The van der Waals surface area contributed by atoms with Gasteiger partial charge < -0.3 is 13.9 Å². The second-order valence-electron chi connectivity index (χ2n) is 5.86. The van der Waals surface area contributed by atoms with Crippen molar-refractivity contribution in [2.24, 2.45) is 0 Å². The molecule has 0 radical (unpaired) electrons. The second-order valence-corrected chi connectivity index (χ2v) is 6.62. The van der Waals surface area contributed by atoms with Gasteiger partial charge in [-0.3, -0.25) is 0 Å². The zero-order chi connectivity index (χ0) is 17.4. The third-order valence-corrected chi connectivity index (χ3v) is 3.65. The summed E-state index contributed by atoms with van der Waals surface area (Å²) in [6.07, 6.45) is 0. The Bertz CT molecular complexity index is 777. The van der Waals surface area contributed by atoms with Gasteiger partial charge >= 0.3 is 5.76 Å². The van der Waals surface area contributed by atoms with E-state index in [0.29, 0.717) is 0 Å². The highest BCUT2D eigenvalue weighted by atomic mass is 35.5. The number of hydrogen-bond acceptors (Lipinski definition) is 4. The molecule has 0 saturated heterocycles. The van der Waals surface area contributed by atoms with Gasteiger partial charge in [-0.1, -0.05) is 44.0 Å². The fraction of sp³-hybridized carbons (Fsp3) is 0.400. The van der Waals surface area contributed by atoms with E-state index < -0.39 is 17.0 Å². The fourth-order valence-electron chi connectivity index (χ4n) is 1.95. The van der Waals surface area contributed by atoms with Crippen LogP contribution in [0.1, 0.15) is 26.5 Å². The third kappa shape index (κ3) is 3.54. The molecule has 1 aromatic carbocycles. The van der Waals surface area contributed by atoms with E-state index in [4.69, 9.17) is 37.1 Å². The summed E-state index contributed by atoms with van der Waals surface area (Å²) in [5.41, 5.74) is -0.630. The van der Waals surface area contributed by atoms with Crippen LogP contribution in [0, 0.1) is 5.82 Å².